The van der Waals surface area contributed by atoms with Crippen molar-refractivity contribution in [2.24, 2.45) is 34.5 Å². The number of thioether (sulfide) groups is 1. The fraction of sp³-hybridized carbons (Fsp3) is 0.737. The maximum Gasteiger partial charge on any atom is 0.456 e. The van der Waals surface area contributed by atoms with Gasteiger partial charge >= 0.3 is 12.1 Å². The van der Waals surface area contributed by atoms with Gasteiger partial charge in [0.2, 0.25) is 0 Å². The van der Waals surface area contributed by atoms with Gasteiger partial charge in [-0.2, -0.15) is 22.0 Å². The number of aromatic nitrogens is 1. The standard InChI is InChI=1S/C38H50F5NO3S2/c1-4-47-27-12-13-30-31(23-27)49-33(44-30)48-20-10-8-6-5-7-9-11-24-21-25-22-26(45)14-17-34(25,2)28-15-18-35(3)29(32(24)28)16-19-36(35,46)37(39,40)38(41,42)43/h12-13,22-24,28-29,32,46H,4-11,14-21H2,1-3H3/t24?,28-,29+,32-,34+,35+,36?/m1/s1. The molecule has 2 unspecified atom stereocenters. The fourth-order valence-corrected chi connectivity index (χ4v) is 12.5. The number of ether oxygens (including phenoxy) is 1. The van der Waals surface area contributed by atoms with E-state index in [1.807, 2.05) is 31.2 Å². The lowest BCUT2D eigenvalue weighted by Crippen LogP contribution is -2.66. The highest BCUT2D eigenvalue weighted by Crippen LogP contribution is 2.72. The molecule has 0 bridgehead atoms. The molecule has 0 spiro atoms. The van der Waals surface area contributed by atoms with E-state index in [0.717, 1.165) is 76.6 Å². The summed E-state index contributed by atoms with van der Waals surface area (Å²) in [4.78, 5) is 17.2. The zero-order chi connectivity index (χ0) is 35.2. The minimum Gasteiger partial charge on any atom is -0.494 e. The number of benzene rings is 1. The highest BCUT2D eigenvalue weighted by atomic mass is 32.2. The van der Waals surface area contributed by atoms with Crippen LogP contribution < -0.4 is 4.74 Å². The molecule has 0 amide bonds. The molecule has 4 aliphatic carbocycles. The van der Waals surface area contributed by atoms with Gasteiger partial charge in [-0.15, -0.1) is 11.3 Å². The Balaban J connectivity index is 1.04. The zero-order valence-electron chi connectivity index (χ0n) is 28.8. The highest BCUT2D eigenvalue weighted by molar-refractivity contribution is 8.01. The Morgan fingerprint density at radius 1 is 1.00 bits per heavy atom. The van der Waals surface area contributed by atoms with Crippen molar-refractivity contribution in [2.75, 3.05) is 12.4 Å². The molecule has 1 heterocycles. The molecule has 1 N–H and O–H groups in total. The minimum absolute atomic E-state index is 0.0440. The van der Waals surface area contributed by atoms with E-state index in [4.69, 9.17) is 9.72 Å². The van der Waals surface area contributed by atoms with Crippen LogP contribution in [-0.2, 0) is 4.79 Å². The van der Waals surface area contributed by atoms with Gasteiger partial charge in [0.1, 0.15) is 11.4 Å². The molecule has 0 radical (unpaired) electrons. The average Bonchev–Trinajstić information content (AvgIpc) is 3.58. The number of carbonyl (C=O) groups excluding carboxylic acids is 1. The first-order valence-electron chi connectivity index (χ1n) is 18.2. The van der Waals surface area contributed by atoms with Crippen LogP contribution in [-0.4, -0.2) is 45.9 Å². The van der Waals surface area contributed by atoms with Crippen LogP contribution in [0.5, 0.6) is 5.75 Å². The molecule has 11 heteroatoms. The number of halogens is 5. The first-order chi connectivity index (χ1) is 23.1. The second kappa shape index (κ2) is 14.0. The molecular weight excluding hydrogens is 678 g/mol. The number of nitrogens with zero attached hydrogens (tertiary/aromatic N) is 1. The van der Waals surface area contributed by atoms with E-state index in [2.05, 4.69) is 6.92 Å². The highest BCUT2D eigenvalue weighted by Gasteiger charge is 2.79. The molecule has 7 atom stereocenters. The van der Waals surface area contributed by atoms with Gasteiger partial charge in [-0.25, -0.2) is 4.98 Å². The van der Waals surface area contributed by atoms with Crippen molar-refractivity contribution >= 4 is 39.1 Å². The van der Waals surface area contributed by atoms with Crippen molar-refractivity contribution in [3.05, 3.63) is 29.8 Å². The molecule has 4 aliphatic rings. The molecule has 0 saturated heterocycles. The lowest BCUT2D eigenvalue weighted by Gasteiger charge is -2.62. The molecule has 4 nitrogen and oxygen atoms in total. The van der Waals surface area contributed by atoms with Crippen LogP contribution in [0.4, 0.5) is 22.0 Å². The SMILES string of the molecule is CCOc1ccc2nc(SCCCCCCCCC3CC4=CC(=O)CC[C@]4(C)[C@@H]4CC[C@@]5(C)[C@@H](CCC5(O)C(F)(F)C(F)(F)F)[C@H]34)sc2c1. The largest absolute Gasteiger partial charge is 0.494 e. The maximum atomic E-state index is 15.1. The number of thiazole rings is 1. The number of hydrogen-bond acceptors (Lipinski definition) is 6. The van der Waals surface area contributed by atoms with Gasteiger partial charge in [0.25, 0.3) is 0 Å². The number of aliphatic hydroxyl groups is 1. The van der Waals surface area contributed by atoms with Gasteiger partial charge in [0.15, 0.2) is 10.1 Å². The predicted molar refractivity (Wildman–Crippen MR) is 185 cm³/mol. The molecule has 1 aromatic heterocycles. The van der Waals surface area contributed by atoms with Gasteiger partial charge in [0.05, 0.1) is 16.8 Å². The summed E-state index contributed by atoms with van der Waals surface area (Å²) in [5, 5.41) is 11.3. The van der Waals surface area contributed by atoms with Crippen LogP contribution in [0.1, 0.15) is 111 Å². The summed E-state index contributed by atoms with van der Waals surface area (Å²) < 4.78 is 79.1. The Morgan fingerprint density at radius 3 is 2.45 bits per heavy atom. The van der Waals surface area contributed by atoms with Crippen molar-refractivity contribution in [3.63, 3.8) is 0 Å². The molecule has 1 aromatic carbocycles. The van der Waals surface area contributed by atoms with Crippen LogP contribution in [0, 0.1) is 34.5 Å². The Bertz CT molecular complexity index is 1540. The molecule has 0 aliphatic heterocycles. The normalized spacial score (nSPS) is 33.2. The van der Waals surface area contributed by atoms with Crippen LogP contribution in [0.2, 0.25) is 0 Å². The number of fused-ring (bicyclic) bond motifs is 6. The molecule has 2 aromatic rings. The number of hydrogen-bond donors (Lipinski definition) is 1. The van der Waals surface area contributed by atoms with E-state index in [9.17, 15) is 23.1 Å². The summed E-state index contributed by atoms with van der Waals surface area (Å²) in [6.07, 6.45) is 5.40. The smallest absolute Gasteiger partial charge is 0.456 e. The Kier molecular flexibility index (Phi) is 10.6. The Hall–Kier alpha value is -1.72. The second-order valence-corrected chi connectivity index (χ2v) is 17.9. The first kappa shape index (κ1) is 37.1. The second-order valence-electron chi connectivity index (χ2n) is 15.5. The molecule has 6 rings (SSSR count). The van der Waals surface area contributed by atoms with Gasteiger partial charge < -0.3 is 9.84 Å². The lowest BCUT2D eigenvalue weighted by atomic mass is 9.43. The number of alkyl halides is 5. The van der Waals surface area contributed by atoms with Gasteiger partial charge in [-0.1, -0.05) is 63.3 Å². The van der Waals surface area contributed by atoms with E-state index in [0.29, 0.717) is 32.3 Å². The number of rotatable bonds is 13. The minimum atomic E-state index is -5.81. The average molecular weight is 728 g/mol. The molecule has 3 saturated carbocycles. The van der Waals surface area contributed by atoms with Gasteiger partial charge in [-0.05, 0) is 112 Å². The predicted octanol–water partition coefficient (Wildman–Crippen LogP) is 11.2. The van der Waals surface area contributed by atoms with Crippen molar-refractivity contribution in [1.82, 2.24) is 4.98 Å². The number of carbonyl (C=O) groups is 1. The van der Waals surface area contributed by atoms with Gasteiger partial charge in [0, 0.05) is 17.6 Å². The van der Waals surface area contributed by atoms with E-state index in [1.165, 1.54) is 6.92 Å². The van der Waals surface area contributed by atoms with Crippen molar-refractivity contribution in [3.8, 4) is 5.75 Å². The van der Waals surface area contributed by atoms with Gasteiger partial charge in [-0.3, -0.25) is 4.79 Å². The Labute approximate surface area is 295 Å². The van der Waals surface area contributed by atoms with E-state index in [-0.39, 0.29) is 41.8 Å². The van der Waals surface area contributed by atoms with Crippen molar-refractivity contribution in [2.45, 2.75) is 133 Å². The summed E-state index contributed by atoms with van der Waals surface area (Å²) in [7, 11) is 0. The monoisotopic (exact) mass is 727 g/mol. The van der Waals surface area contributed by atoms with Crippen LogP contribution in [0.25, 0.3) is 10.2 Å². The summed E-state index contributed by atoms with van der Waals surface area (Å²) in [6, 6.07) is 6.01. The Morgan fingerprint density at radius 2 is 1.71 bits per heavy atom. The first-order valence-corrected chi connectivity index (χ1v) is 20.0. The zero-order valence-corrected chi connectivity index (χ0v) is 30.5. The third-order valence-corrected chi connectivity index (χ3v) is 15.3. The number of allylic oxidation sites excluding steroid dienone is 1. The molecular formula is C38H50F5NO3S2. The molecule has 272 valence electrons. The number of unbranched alkanes of at least 4 members (excludes halogenated alkanes) is 5. The summed E-state index contributed by atoms with van der Waals surface area (Å²) >= 11 is 3.49. The lowest BCUT2D eigenvalue weighted by molar-refractivity contribution is -0.364. The number of ketones is 1. The van der Waals surface area contributed by atoms with E-state index in [1.54, 1.807) is 23.1 Å². The van der Waals surface area contributed by atoms with Crippen molar-refractivity contribution < 1.29 is 36.6 Å². The van der Waals surface area contributed by atoms with Crippen LogP contribution in [0.15, 0.2) is 34.2 Å². The van der Waals surface area contributed by atoms with E-state index >= 15 is 8.78 Å². The summed E-state index contributed by atoms with van der Waals surface area (Å²) in [5.41, 5.74) is -2.75. The quantitative estimate of drug-likeness (QED) is 0.126. The fourth-order valence-electron chi connectivity index (χ4n) is 10.3. The maximum absolute atomic E-state index is 15.1. The third-order valence-electron chi connectivity index (χ3n) is 13.0. The summed E-state index contributed by atoms with van der Waals surface area (Å²) in [6.45, 7) is 6.29. The van der Waals surface area contributed by atoms with Crippen LogP contribution in [0.3, 0.4) is 0 Å². The van der Waals surface area contributed by atoms with E-state index < -0.39 is 35.5 Å². The summed E-state index contributed by atoms with van der Waals surface area (Å²) in [5.74, 6) is -3.40. The van der Waals surface area contributed by atoms with Crippen LogP contribution >= 0.6 is 23.1 Å². The third kappa shape index (κ3) is 6.60. The molecule has 3 fully saturated rings. The van der Waals surface area contributed by atoms with Crippen molar-refractivity contribution in [1.29, 1.82) is 0 Å². The topological polar surface area (TPSA) is 59.4 Å². The molecule has 49 heavy (non-hydrogen) atoms.